The highest BCUT2D eigenvalue weighted by Gasteiger charge is 2.40. The largest absolute Gasteiger partial charge is 0.454 e. The molecule has 0 unspecified atom stereocenters. The van der Waals surface area contributed by atoms with Crippen LogP contribution in [0, 0.1) is 0 Å². The smallest absolute Gasteiger partial charge is 0.298 e. The second kappa shape index (κ2) is 3.61. The lowest BCUT2D eigenvalue weighted by Crippen LogP contribution is -2.23. The first-order valence-corrected chi connectivity index (χ1v) is 3.62. The Kier molecular flexibility index (Phi) is 2.69. The fraction of sp³-hybridized carbons (Fsp3) is 0.111. The fourth-order valence-electron chi connectivity index (χ4n) is 0.959. The SMILES string of the molecule is O=Cc1ccccc1C(=O)C(F)(F)F. The maximum atomic E-state index is 12.0. The van der Waals surface area contributed by atoms with Crippen molar-refractivity contribution in [3.8, 4) is 0 Å². The van der Waals surface area contributed by atoms with Gasteiger partial charge < -0.3 is 0 Å². The monoisotopic (exact) mass is 202 g/mol. The first-order chi connectivity index (χ1) is 6.46. The van der Waals surface area contributed by atoms with Crippen molar-refractivity contribution in [3.05, 3.63) is 35.4 Å². The van der Waals surface area contributed by atoms with Gasteiger partial charge in [0.25, 0.3) is 5.78 Å². The summed E-state index contributed by atoms with van der Waals surface area (Å²) in [6.07, 6.45) is -4.72. The van der Waals surface area contributed by atoms with E-state index in [9.17, 15) is 22.8 Å². The molecule has 1 aromatic carbocycles. The van der Waals surface area contributed by atoms with Crippen molar-refractivity contribution < 1.29 is 22.8 Å². The second-order valence-electron chi connectivity index (χ2n) is 2.53. The molecule has 0 amide bonds. The molecule has 0 heterocycles. The van der Waals surface area contributed by atoms with Crippen LogP contribution < -0.4 is 0 Å². The van der Waals surface area contributed by atoms with Crippen molar-refractivity contribution in [2.24, 2.45) is 0 Å². The molecule has 0 aliphatic carbocycles. The van der Waals surface area contributed by atoms with Crippen LogP contribution in [-0.2, 0) is 0 Å². The van der Waals surface area contributed by atoms with Crippen molar-refractivity contribution >= 4 is 12.1 Å². The Hall–Kier alpha value is -1.65. The van der Waals surface area contributed by atoms with Gasteiger partial charge in [0, 0.05) is 11.1 Å². The fourth-order valence-corrected chi connectivity index (χ4v) is 0.959. The molecule has 0 spiro atoms. The summed E-state index contributed by atoms with van der Waals surface area (Å²) in [4.78, 5) is 21.1. The zero-order valence-electron chi connectivity index (χ0n) is 6.84. The summed E-state index contributed by atoms with van der Waals surface area (Å²) < 4.78 is 36.0. The Morgan fingerprint density at radius 1 is 1.21 bits per heavy atom. The first-order valence-electron chi connectivity index (χ1n) is 3.62. The molecule has 0 saturated carbocycles. The van der Waals surface area contributed by atoms with Gasteiger partial charge in [-0.2, -0.15) is 13.2 Å². The van der Waals surface area contributed by atoms with Gasteiger partial charge in [0.05, 0.1) is 0 Å². The van der Waals surface area contributed by atoms with Gasteiger partial charge in [0.2, 0.25) is 0 Å². The normalized spacial score (nSPS) is 11.1. The van der Waals surface area contributed by atoms with Crippen LogP contribution in [0.5, 0.6) is 0 Å². The molecule has 1 aromatic rings. The highest BCUT2D eigenvalue weighted by Crippen LogP contribution is 2.22. The first kappa shape index (κ1) is 10.4. The van der Waals surface area contributed by atoms with Crippen LogP contribution in [0.3, 0.4) is 0 Å². The van der Waals surface area contributed by atoms with Gasteiger partial charge in [-0.05, 0) is 0 Å². The summed E-state index contributed by atoms with van der Waals surface area (Å²) >= 11 is 0. The summed E-state index contributed by atoms with van der Waals surface area (Å²) in [6.45, 7) is 0. The Labute approximate surface area is 77.3 Å². The van der Waals surface area contributed by atoms with E-state index in [1.54, 1.807) is 0 Å². The Morgan fingerprint density at radius 3 is 2.29 bits per heavy atom. The van der Waals surface area contributed by atoms with Gasteiger partial charge in [-0.3, -0.25) is 9.59 Å². The van der Waals surface area contributed by atoms with Crippen LogP contribution in [-0.4, -0.2) is 18.2 Å². The van der Waals surface area contributed by atoms with E-state index in [1.807, 2.05) is 0 Å². The molecule has 0 fully saturated rings. The topological polar surface area (TPSA) is 34.1 Å². The van der Waals surface area contributed by atoms with Crippen LogP contribution in [0.2, 0.25) is 0 Å². The molecule has 14 heavy (non-hydrogen) atoms. The summed E-state index contributed by atoms with van der Waals surface area (Å²) in [5, 5.41) is 0. The Bertz CT molecular complexity index is 369. The zero-order valence-corrected chi connectivity index (χ0v) is 6.84. The minimum atomic E-state index is -4.95. The zero-order chi connectivity index (χ0) is 10.8. The van der Waals surface area contributed by atoms with Gasteiger partial charge >= 0.3 is 6.18 Å². The van der Waals surface area contributed by atoms with E-state index < -0.39 is 17.5 Å². The Morgan fingerprint density at radius 2 is 1.79 bits per heavy atom. The number of halogens is 3. The molecule has 0 saturated heterocycles. The van der Waals surface area contributed by atoms with Gasteiger partial charge in [-0.1, -0.05) is 24.3 Å². The molecule has 0 atom stereocenters. The number of alkyl halides is 3. The molecular weight excluding hydrogens is 197 g/mol. The molecular formula is C9H5F3O2. The van der Waals surface area contributed by atoms with Crippen molar-refractivity contribution in [1.29, 1.82) is 0 Å². The molecule has 0 N–H and O–H groups in total. The number of benzene rings is 1. The van der Waals surface area contributed by atoms with Crippen LogP contribution in [0.15, 0.2) is 24.3 Å². The highest BCUT2D eigenvalue weighted by atomic mass is 19.4. The lowest BCUT2D eigenvalue weighted by atomic mass is 10.0. The number of carbonyl (C=O) groups is 2. The van der Waals surface area contributed by atoms with Crippen LogP contribution >= 0.6 is 0 Å². The predicted molar refractivity (Wildman–Crippen MR) is 42.2 cm³/mol. The molecule has 1 rings (SSSR count). The third-order valence-corrected chi connectivity index (χ3v) is 1.59. The lowest BCUT2D eigenvalue weighted by molar-refractivity contribution is -0.0885. The molecule has 0 aliphatic rings. The summed E-state index contributed by atoms with van der Waals surface area (Å²) in [6, 6.07) is 4.79. The average molecular weight is 202 g/mol. The van der Waals surface area contributed by atoms with Crippen molar-refractivity contribution in [1.82, 2.24) is 0 Å². The van der Waals surface area contributed by atoms with Gasteiger partial charge in [-0.15, -0.1) is 0 Å². The maximum absolute atomic E-state index is 12.0. The van der Waals surface area contributed by atoms with E-state index >= 15 is 0 Å². The van der Waals surface area contributed by atoms with Crippen molar-refractivity contribution in [2.75, 3.05) is 0 Å². The van der Waals surface area contributed by atoms with E-state index in [4.69, 9.17) is 0 Å². The lowest BCUT2D eigenvalue weighted by Gasteiger charge is -2.06. The van der Waals surface area contributed by atoms with Gasteiger partial charge in [-0.25, -0.2) is 0 Å². The number of rotatable bonds is 2. The second-order valence-corrected chi connectivity index (χ2v) is 2.53. The molecule has 74 valence electrons. The summed E-state index contributed by atoms with van der Waals surface area (Å²) in [5.74, 6) is -2.00. The average Bonchev–Trinajstić information content (AvgIpc) is 2.15. The van der Waals surface area contributed by atoms with E-state index in [-0.39, 0.29) is 11.8 Å². The minimum absolute atomic E-state index is 0.221. The summed E-state index contributed by atoms with van der Waals surface area (Å²) in [7, 11) is 0. The number of hydrogen-bond donors (Lipinski definition) is 0. The quantitative estimate of drug-likeness (QED) is 0.544. The van der Waals surface area contributed by atoms with Crippen molar-refractivity contribution in [2.45, 2.75) is 6.18 Å². The number of hydrogen-bond acceptors (Lipinski definition) is 2. The molecule has 0 aliphatic heterocycles. The summed E-state index contributed by atoms with van der Waals surface area (Å²) in [5.41, 5.74) is -0.871. The number of Topliss-reactive ketones (excluding diaryl/α,β-unsaturated/α-hetero) is 1. The van der Waals surface area contributed by atoms with Crippen LogP contribution in [0.1, 0.15) is 20.7 Å². The van der Waals surface area contributed by atoms with E-state index in [2.05, 4.69) is 0 Å². The van der Waals surface area contributed by atoms with Gasteiger partial charge in [0.15, 0.2) is 6.29 Å². The van der Waals surface area contributed by atoms with E-state index in [0.717, 1.165) is 12.1 Å². The third kappa shape index (κ3) is 1.99. The number of carbonyl (C=O) groups excluding carboxylic acids is 2. The standard InChI is InChI=1S/C9H5F3O2/c10-9(11,12)8(14)7-4-2-1-3-6(7)5-13/h1-5H. The maximum Gasteiger partial charge on any atom is 0.454 e. The van der Waals surface area contributed by atoms with E-state index in [0.29, 0.717) is 0 Å². The molecule has 0 radical (unpaired) electrons. The van der Waals surface area contributed by atoms with Crippen LogP contribution in [0.4, 0.5) is 13.2 Å². The molecule has 0 aromatic heterocycles. The molecule has 0 bridgehead atoms. The number of ketones is 1. The highest BCUT2D eigenvalue weighted by molar-refractivity contribution is 6.05. The Balaban J connectivity index is 3.19. The molecule has 5 heteroatoms. The van der Waals surface area contributed by atoms with Crippen molar-refractivity contribution in [3.63, 3.8) is 0 Å². The minimum Gasteiger partial charge on any atom is -0.298 e. The van der Waals surface area contributed by atoms with E-state index in [1.165, 1.54) is 12.1 Å². The number of aldehydes is 1. The van der Waals surface area contributed by atoms with Gasteiger partial charge in [0.1, 0.15) is 0 Å². The molecule has 2 nitrogen and oxygen atoms in total. The third-order valence-electron chi connectivity index (χ3n) is 1.59. The predicted octanol–water partition coefficient (Wildman–Crippen LogP) is 2.24. The van der Waals surface area contributed by atoms with Crippen LogP contribution in [0.25, 0.3) is 0 Å².